The van der Waals surface area contributed by atoms with Crippen LogP contribution in [-0.2, 0) is 9.53 Å². The van der Waals surface area contributed by atoms with Crippen LogP contribution in [0.1, 0.15) is 19.4 Å². The maximum absolute atomic E-state index is 11.1. The van der Waals surface area contributed by atoms with E-state index in [-0.39, 0.29) is 5.97 Å². The third-order valence-corrected chi connectivity index (χ3v) is 1.97. The predicted octanol–water partition coefficient (Wildman–Crippen LogP) is 3.21. The van der Waals surface area contributed by atoms with Crippen LogP contribution >= 0.6 is 0 Å². The summed E-state index contributed by atoms with van der Waals surface area (Å²) in [5.41, 5.74) is 1.99. The zero-order valence-corrected chi connectivity index (χ0v) is 9.64. The Hall–Kier alpha value is -1.83. The van der Waals surface area contributed by atoms with Crippen molar-refractivity contribution in [2.45, 2.75) is 13.8 Å². The van der Waals surface area contributed by atoms with Crippen LogP contribution in [0.25, 0.3) is 6.08 Å². The van der Waals surface area contributed by atoms with Gasteiger partial charge in [0, 0.05) is 6.08 Å². The monoisotopic (exact) mass is 216 g/mol. The van der Waals surface area contributed by atoms with Crippen molar-refractivity contribution in [3.8, 4) is 0 Å². The molecule has 0 aliphatic carbocycles. The summed E-state index contributed by atoms with van der Waals surface area (Å²) in [5.74, 6) is -0.294. The number of hydrogen-bond donors (Lipinski definition) is 0. The Morgan fingerprint density at radius 1 is 1.31 bits per heavy atom. The van der Waals surface area contributed by atoms with Gasteiger partial charge in [-0.3, -0.25) is 0 Å². The van der Waals surface area contributed by atoms with Crippen molar-refractivity contribution in [2.24, 2.45) is 0 Å². The van der Waals surface area contributed by atoms with Crippen molar-refractivity contribution in [1.29, 1.82) is 0 Å². The van der Waals surface area contributed by atoms with E-state index in [0.29, 0.717) is 6.61 Å². The lowest BCUT2D eigenvalue weighted by Gasteiger charge is -1.96. The molecule has 0 bridgehead atoms. The quantitative estimate of drug-likeness (QED) is 0.439. The van der Waals surface area contributed by atoms with Crippen LogP contribution in [-0.4, -0.2) is 12.6 Å². The Morgan fingerprint density at radius 2 is 2.00 bits per heavy atom. The van der Waals surface area contributed by atoms with Gasteiger partial charge in [0.15, 0.2) is 0 Å². The van der Waals surface area contributed by atoms with Crippen LogP contribution in [0, 0.1) is 0 Å². The fourth-order valence-corrected chi connectivity index (χ4v) is 1.21. The molecule has 2 heteroatoms. The fourth-order valence-electron chi connectivity index (χ4n) is 1.21. The topological polar surface area (TPSA) is 26.3 Å². The zero-order chi connectivity index (χ0) is 11.8. The normalized spacial score (nSPS) is 11.8. The second kappa shape index (κ2) is 6.62. The van der Waals surface area contributed by atoms with Crippen LogP contribution < -0.4 is 0 Å². The molecule has 0 saturated carbocycles. The Balaban J connectivity index is 2.60. The van der Waals surface area contributed by atoms with E-state index in [1.165, 1.54) is 6.08 Å². The molecule has 0 spiro atoms. The third kappa shape index (κ3) is 4.60. The molecule has 0 fully saturated rings. The number of rotatable bonds is 4. The molecule has 1 aromatic rings. The molecule has 1 aromatic carbocycles. The highest BCUT2D eigenvalue weighted by Crippen LogP contribution is 2.04. The van der Waals surface area contributed by atoms with Gasteiger partial charge >= 0.3 is 5.97 Å². The van der Waals surface area contributed by atoms with Gasteiger partial charge in [0.1, 0.15) is 0 Å². The number of ether oxygens (including phenoxy) is 1. The van der Waals surface area contributed by atoms with Gasteiger partial charge in [0.25, 0.3) is 0 Å². The van der Waals surface area contributed by atoms with Crippen molar-refractivity contribution in [3.05, 3.63) is 53.6 Å². The number of hydrogen-bond acceptors (Lipinski definition) is 2. The van der Waals surface area contributed by atoms with Crippen LogP contribution in [0.2, 0.25) is 0 Å². The Kier molecular flexibility index (Phi) is 5.06. The fraction of sp³-hybridized carbons (Fsp3) is 0.214. The van der Waals surface area contributed by atoms with Crippen molar-refractivity contribution in [2.75, 3.05) is 6.61 Å². The van der Waals surface area contributed by atoms with E-state index in [1.807, 2.05) is 49.4 Å². The minimum atomic E-state index is -0.294. The van der Waals surface area contributed by atoms with E-state index in [4.69, 9.17) is 4.74 Å². The molecule has 0 aliphatic heterocycles. The molecule has 0 heterocycles. The highest BCUT2D eigenvalue weighted by Gasteiger charge is 1.94. The van der Waals surface area contributed by atoms with Gasteiger partial charge in [0.2, 0.25) is 0 Å². The van der Waals surface area contributed by atoms with E-state index in [0.717, 1.165) is 11.1 Å². The Morgan fingerprint density at radius 3 is 2.62 bits per heavy atom. The van der Waals surface area contributed by atoms with E-state index in [2.05, 4.69) is 0 Å². The van der Waals surface area contributed by atoms with Crippen LogP contribution in [0.3, 0.4) is 0 Å². The minimum absolute atomic E-state index is 0.294. The highest BCUT2D eigenvalue weighted by molar-refractivity contribution is 5.83. The van der Waals surface area contributed by atoms with Gasteiger partial charge in [-0.2, -0.15) is 0 Å². The first-order valence-electron chi connectivity index (χ1n) is 5.30. The summed E-state index contributed by atoms with van der Waals surface area (Å²) in [6.07, 6.45) is 5.35. The average molecular weight is 216 g/mol. The maximum Gasteiger partial charge on any atom is 0.330 e. The van der Waals surface area contributed by atoms with Gasteiger partial charge in [0.05, 0.1) is 6.61 Å². The summed E-state index contributed by atoms with van der Waals surface area (Å²) in [7, 11) is 0. The van der Waals surface area contributed by atoms with Crippen molar-refractivity contribution < 1.29 is 9.53 Å². The molecule has 0 amide bonds. The van der Waals surface area contributed by atoms with Gasteiger partial charge in [-0.25, -0.2) is 4.79 Å². The summed E-state index contributed by atoms with van der Waals surface area (Å²) in [4.78, 5) is 11.1. The lowest BCUT2D eigenvalue weighted by molar-refractivity contribution is -0.137. The van der Waals surface area contributed by atoms with E-state index >= 15 is 0 Å². The standard InChI is InChI=1S/C14H16O2/c1-3-16-14(15)11-12(2)9-10-13-7-5-4-6-8-13/h4-11H,3H2,1-2H3/b10-9+,12-11+. The number of benzene rings is 1. The minimum Gasteiger partial charge on any atom is -0.463 e. The van der Waals surface area contributed by atoms with Crippen molar-refractivity contribution >= 4 is 12.0 Å². The first-order valence-corrected chi connectivity index (χ1v) is 5.30. The van der Waals surface area contributed by atoms with E-state index in [1.54, 1.807) is 6.92 Å². The third-order valence-electron chi connectivity index (χ3n) is 1.97. The van der Waals surface area contributed by atoms with Crippen LogP contribution in [0.5, 0.6) is 0 Å². The number of allylic oxidation sites excluding steroid dienone is 2. The van der Waals surface area contributed by atoms with Gasteiger partial charge in [-0.1, -0.05) is 42.5 Å². The predicted molar refractivity (Wildman–Crippen MR) is 65.9 cm³/mol. The maximum atomic E-state index is 11.1. The van der Waals surface area contributed by atoms with Gasteiger partial charge < -0.3 is 4.74 Å². The van der Waals surface area contributed by atoms with Crippen LogP contribution in [0.4, 0.5) is 0 Å². The Labute approximate surface area is 96.2 Å². The van der Waals surface area contributed by atoms with E-state index < -0.39 is 0 Å². The molecule has 0 N–H and O–H groups in total. The Bertz CT molecular complexity index is 388. The SMILES string of the molecule is CCOC(=O)/C=C(C)/C=C/c1ccccc1. The van der Waals surface area contributed by atoms with Gasteiger partial charge in [-0.15, -0.1) is 0 Å². The summed E-state index contributed by atoms with van der Waals surface area (Å²) in [6, 6.07) is 9.94. The largest absolute Gasteiger partial charge is 0.463 e. The number of esters is 1. The zero-order valence-electron chi connectivity index (χ0n) is 9.64. The molecule has 2 nitrogen and oxygen atoms in total. The second-order valence-corrected chi connectivity index (χ2v) is 3.38. The molecule has 0 aliphatic rings. The highest BCUT2D eigenvalue weighted by atomic mass is 16.5. The molecule has 84 valence electrons. The van der Waals surface area contributed by atoms with Crippen molar-refractivity contribution in [3.63, 3.8) is 0 Å². The molecule has 0 unspecified atom stereocenters. The van der Waals surface area contributed by atoms with Crippen molar-refractivity contribution in [1.82, 2.24) is 0 Å². The lowest BCUT2D eigenvalue weighted by Crippen LogP contribution is -1.99. The first-order chi connectivity index (χ1) is 7.72. The summed E-state index contributed by atoms with van der Waals surface area (Å²) >= 11 is 0. The summed E-state index contributed by atoms with van der Waals surface area (Å²) in [6.45, 7) is 4.07. The van der Waals surface area contributed by atoms with Crippen LogP contribution in [0.15, 0.2) is 48.1 Å². The van der Waals surface area contributed by atoms with E-state index in [9.17, 15) is 4.79 Å². The molecule has 0 radical (unpaired) electrons. The average Bonchev–Trinajstić information content (AvgIpc) is 2.28. The molecular weight excluding hydrogens is 200 g/mol. The molecule has 1 rings (SSSR count). The van der Waals surface area contributed by atoms with Gasteiger partial charge in [-0.05, 0) is 25.0 Å². The second-order valence-electron chi connectivity index (χ2n) is 3.38. The summed E-state index contributed by atoms with van der Waals surface area (Å²) < 4.78 is 4.82. The first kappa shape index (κ1) is 12.2. The molecule has 0 aromatic heterocycles. The lowest BCUT2D eigenvalue weighted by atomic mass is 10.1. The number of carbonyl (C=O) groups excluding carboxylic acids is 1. The molecule has 16 heavy (non-hydrogen) atoms. The smallest absolute Gasteiger partial charge is 0.330 e. The summed E-state index contributed by atoms with van der Waals surface area (Å²) in [5, 5.41) is 0. The molecule has 0 atom stereocenters. The molecule has 0 saturated heterocycles. The number of carbonyl (C=O) groups is 1. The molecular formula is C14H16O2.